The summed E-state index contributed by atoms with van der Waals surface area (Å²) >= 11 is 1.36. The molecule has 5 nitrogen and oxygen atoms in total. The Hall–Kier alpha value is -2.60. The normalized spacial score (nSPS) is 16.1. The lowest BCUT2D eigenvalue weighted by atomic mass is 10.1. The van der Waals surface area contributed by atoms with Crippen LogP contribution < -0.4 is 10.9 Å². The number of para-hydroxylation sites is 1. The van der Waals surface area contributed by atoms with Crippen LogP contribution in [0.2, 0.25) is 0 Å². The van der Waals surface area contributed by atoms with Crippen molar-refractivity contribution in [3.63, 3.8) is 0 Å². The lowest BCUT2D eigenvalue weighted by Gasteiger charge is -2.18. The van der Waals surface area contributed by atoms with Gasteiger partial charge in [0, 0.05) is 11.7 Å². The predicted octanol–water partition coefficient (Wildman–Crippen LogP) is 4.73. The standard InChI is InChI=1S/C24H25N3O2S/c28-22(25-18-13-12-16-6-5-7-17(16)14-18)15-30-24-26-21-11-4-3-10-20(21)23(29)27(24)19-8-1-2-9-19/h3-4,10-14,19H,1-2,5-9,15H2,(H,25,28). The summed E-state index contributed by atoms with van der Waals surface area (Å²) in [6, 6.07) is 13.8. The number of rotatable bonds is 5. The van der Waals surface area contributed by atoms with Gasteiger partial charge in [-0.1, -0.05) is 42.8 Å². The minimum absolute atomic E-state index is 0.00836. The zero-order chi connectivity index (χ0) is 20.5. The van der Waals surface area contributed by atoms with Crippen molar-refractivity contribution in [3.05, 3.63) is 63.9 Å². The second-order valence-corrected chi connectivity index (χ2v) is 9.14. The van der Waals surface area contributed by atoms with E-state index in [0.717, 1.165) is 44.2 Å². The summed E-state index contributed by atoms with van der Waals surface area (Å²) in [7, 11) is 0. The fourth-order valence-electron chi connectivity index (χ4n) is 4.69. The van der Waals surface area contributed by atoms with Crippen LogP contribution in [0.5, 0.6) is 0 Å². The predicted molar refractivity (Wildman–Crippen MR) is 121 cm³/mol. The van der Waals surface area contributed by atoms with E-state index in [2.05, 4.69) is 17.4 Å². The van der Waals surface area contributed by atoms with Gasteiger partial charge >= 0.3 is 0 Å². The molecule has 3 aromatic rings. The quantitative estimate of drug-likeness (QED) is 0.480. The molecule has 0 unspecified atom stereocenters. The average Bonchev–Trinajstić information content (AvgIpc) is 3.44. The van der Waals surface area contributed by atoms with Crippen molar-refractivity contribution in [1.29, 1.82) is 0 Å². The van der Waals surface area contributed by atoms with Crippen LogP contribution >= 0.6 is 11.8 Å². The first-order chi connectivity index (χ1) is 14.7. The number of carbonyl (C=O) groups is 1. The molecule has 154 valence electrons. The molecule has 1 fully saturated rings. The molecule has 0 radical (unpaired) electrons. The highest BCUT2D eigenvalue weighted by Crippen LogP contribution is 2.32. The third kappa shape index (κ3) is 3.76. The third-order valence-electron chi connectivity index (χ3n) is 6.18. The summed E-state index contributed by atoms with van der Waals surface area (Å²) in [6.45, 7) is 0. The van der Waals surface area contributed by atoms with E-state index in [1.165, 1.54) is 29.3 Å². The van der Waals surface area contributed by atoms with Crippen LogP contribution in [0.1, 0.15) is 49.3 Å². The zero-order valence-corrected chi connectivity index (χ0v) is 17.7. The Balaban J connectivity index is 1.37. The minimum atomic E-state index is -0.0710. The Morgan fingerprint density at radius 3 is 2.73 bits per heavy atom. The zero-order valence-electron chi connectivity index (χ0n) is 16.9. The maximum Gasteiger partial charge on any atom is 0.262 e. The number of nitrogens with one attached hydrogen (secondary N) is 1. The molecule has 2 aromatic carbocycles. The van der Waals surface area contributed by atoms with E-state index in [0.29, 0.717) is 16.1 Å². The maximum absolute atomic E-state index is 13.2. The topological polar surface area (TPSA) is 64.0 Å². The molecule has 6 heteroatoms. The summed E-state index contributed by atoms with van der Waals surface area (Å²) in [6.07, 6.45) is 7.66. The van der Waals surface area contributed by atoms with Crippen molar-refractivity contribution in [1.82, 2.24) is 9.55 Å². The molecule has 2 aliphatic rings. The summed E-state index contributed by atoms with van der Waals surface area (Å²) < 4.78 is 1.84. The lowest BCUT2D eigenvalue weighted by Crippen LogP contribution is -2.27. The Labute approximate surface area is 179 Å². The van der Waals surface area contributed by atoms with Gasteiger partial charge in [-0.3, -0.25) is 14.2 Å². The van der Waals surface area contributed by atoms with Crippen molar-refractivity contribution in [2.45, 2.75) is 56.1 Å². The number of thioether (sulfide) groups is 1. The fourth-order valence-corrected chi connectivity index (χ4v) is 5.55. The first-order valence-corrected chi connectivity index (χ1v) is 11.7. The number of hydrogen-bond acceptors (Lipinski definition) is 4. The highest BCUT2D eigenvalue weighted by molar-refractivity contribution is 7.99. The second-order valence-electron chi connectivity index (χ2n) is 8.20. The van der Waals surface area contributed by atoms with Gasteiger partial charge in [-0.05, 0) is 67.5 Å². The number of benzene rings is 2. The van der Waals surface area contributed by atoms with E-state index in [9.17, 15) is 9.59 Å². The van der Waals surface area contributed by atoms with Crippen molar-refractivity contribution < 1.29 is 4.79 Å². The summed E-state index contributed by atoms with van der Waals surface area (Å²) in [5, 5.41) is 4.31. The van der Waals surface area contributed by atoms with Crippen molar-refractivity contribution >= 4 is 34.3 Å². The largest absolute Gasteiger partial charge is 0.325 e. The van der Waals surface area contributed by atoms with E-state index in [-0.39, 0.29) is 23.3 Å². The van der Waals surface area contributed by atoms with Crippen LogP contribution in [0.25, 0.3) is 10.9 Å². The molecule has 1 amide bonds. The molecule has 30 heavy (non-hydrogen) atoms. The maximum atomic E-state index is 13.2. The van der Waals surface area contributed by atoms with E-state index in [1.54, 1.807) is 0 Å². The second kappa shape index (κ2) is 8.26. The highest BCUT2D eigenvalue weighted by atomic mass is 32.2. The number of aryl methyl sites for hydroxylation is 2. The Bertz CT molecular complexity index is 1160. The molecule has 1 N–H and O–H groups in total. The molecule has 0 saturated heterocycles. The van der Waals surface area contributed by atoms with Crippen LogP contribution in [0.4, 0.5) is 5.69 Å². The van der Waals surface area contributed by atoms with E-state index in [1.807, 2.05) is 34.9 Å². The van der Waals surface area contributed by atoms with Gasteiger partial charge in [-0.2, -0.15) is 0 Å². The number of aromatic nitrogens is 2. The van der Waals surface area contributed by atoms with Gasteiger partial charge in [-0.25, -0.2) is 4.98 Å². The Morgan fingerprint density at radius 2 is 1.87 bits per heavy atom. The van der Waals surface area contributed by atoms with Crippen LogP contribution in [0.3, 0.4) is 0 Å². The minimum Gasteiger partial charge on any atom is -0.325 e. The molecule has 0 atom stereocenters. The van der Waals surface area contributed by atoms with Gasteiger partial charge in [0.15, 0.2) is 5.16 Å². The number of nitrogens with zero attached hydrogens (tertiary/aromatic N) is 2. The number of amides is 1. The first-order valence-electron chi connectivity index (χ1n) is 10.7. The van der Waals surface area contributed by atoms with Gasteiger partial charge in [0.05, 0.1) is 16.7 Å². The van der Waals surface area contributed by atoms with Crippen molar-refractivity contribution in [2.24, 2.45) is 0 Å². The average molecular weight is 420 g/mol. The molecule has 2 aliphatic carbocycles. The van der Waals surface area contributed by atoms with Gasteiger partial charge in [0.1, 0.15) is 0 Å². The van der Waals surface area contributed by atoms with Gasteiger partial charge in [0.2, 0.25) is 5.91 Å². The monoisotopic (exact) mass is 419 g/mol. The van der Waals surface area contributed by atoms with Crippen LogP contribution in [0, 0.1) is 0 Å². The van der Waals surface area contributed by atoms with E-state index >= 15 is 0 Å². The molecule has 5 rings (SSSR count). The molecule has 0 spiro atoms. The van der Waals surface area contributed by atoms with Crippen LogP contribution in [-0.2, 0) is 17.6 Å². The number of hydrogen-bond donors (Lipinski definition) is 1. The van der Waals surface area contributed by atoms with Gasteiger partial charge in [0.25, 0.3) is 5.56 Å². The molecule has 0 aliphatic heterocycles. The summed E-state index contributed by atoms with van der Waals surface area (Å²) in [5.74, 6) is 0.160. The number of fused-ring (bicyclic) bond motifs is 2. The van der Waals surface area contributed by atoms with Gasteiger partial charge < -0.3 is 5.32 Å². The van der Waals surface area contributed by atoms with Crippen molar-refractivity contribution in [2.75, 3.05) is 11.1 Å². The highest BCUT2D eigenvalue weighted by Gasteiger charge is 2.23. The molecular weight excluding hydrogens is 394 g/mol. The summed E-state index contributed by atoms with van der Waals surface area (Å²) in [5.41, 5.74) is 4.28. The smallest absolute Gasteiger partial charge is 0.262 e. The van der Waals surface area contributed by atoms with E-state index in [4.69, 9.17) is 4.98 Å². The van der Waals surface area contributed by atoms with E-state index < -0.39 is 0 Å². The van der Waals surface area contributed by atoms with Gasteiger partial charge in [-0.15, -0.1) is 0 Å². The number of anilines is 1. The Kier molecular flexibility index (Phi) is 5.34. The molecule has 1 aromatic heterocycles. The molecule has 1 saturated carbocycles. The Morgan fingerprint density at radius 1 is 1.07 bits per heavy atom. The van der Waals surface area contributed by atoms with Crippen LogP contribution in [-0.4, -0.2) is 21.2 Å². The van der Waals surface area contributed by atoms with Crippen molar-refractivity contribution in [3.8, 4) is 0 Å². The summed E-state index contributed by atoms with van der Waals surface area (Å²) in [4.78, 5) is 30.6. The SMILES string of the molecule is O=C(CSc1nc2ccccc2c(=O)n1C1CCCC1)Nc1ccc2c(c1)CCC2. The number of carbonyl (C=O) groups excluding carboxylic acids is 1. The first kappa shape index (κ1) is 19.4. The molecule has 1 heterocycles. The lowest BCUT2D eigenvalue weighted by molar-refractivity contribution is -0.113. The van der Waals surface area contributed by atoms with Crippen LogP contribution in [0.15, 0.2) is 52.4 Å². The molecular formula is C24H25N3O2S. The third-order valence-corrected chi connectivity index (χ3v) is 7.13. The molecule has 0 bridgehead atoms. The fraction of sp³-hybridized carbons (Fsp3) is 0.375.